The number of aromatic hydroxyl groups is 2. The number of thiocarbonyl (C=S) groups is 1. The Balaban J connectivity index is 2.20. The van der Waals surface area contributed by atoms with Gasteiger partial charge in [0, 0.05) is 12.5 Å². The van der Waals surface area contributed by atoms with Crippen molar-refractivity contribution in [2.45, 2.75) is 19.4 Å². The van der Waals surface area contributed by atoms with E-state index in [2.05, 4.69) is 10.5 Å². The van der Waals surface area contributed by atoms with Crippen LogP contribution in [0, 0.1) is 0 Å². The Bertz CT molecular complexity index is 488. The lowest BCUT2D eigenvalue weighted by molar-refractivity contribution is 0.0575. The number of phenols is 2. The van der Waals surface area contributed by atoms with E-state index in [1.165, 1.54) is 18.2 Å². The molecule has 1 unspecified atom stereocenters. The molecule has 2 rings (SSSR count). The third-order valence-corrected chi connectivity index (χ3v) is 2.62. The maximum absolute atomic E-state index is 9.62. The fourth-order valence-electron chi connectivity index (χ4n) is 1.48. The number of hydrogen-bond donors (Lipinski definition) is 3. The molecule has 1 aliphatic rings. The van der Waals surface area contributed by atoms with Gasteiger partial charge in [0.25, 0.3) is 0 Å². The molecule has 0 spiro atoms. The Kier molecular flexibility index (Phi) is 3.26. The highest BCUT2D eigenvalue weighted by Crippen LogP contribution is 2.24. The highest BCUT2D eigenvalue weighted by molar-refractivity contribution is 7.80. The van der Waals surface area contributed by atoms with E-state index in [0.29, 0.717) is 17.8 Å². The zero-order valence-corrected chi connectivity index (χ0v) is 9.99. The SMILES string of the molecule is CC1CC(=NC(=S)c2ccc(O)cc2O)NO1. The minimum absolute atomic E-state index is 0.0161. The molecule has 0 aliphatic carbocycles. The molecule has 1 aromatic carbocycles. The normalized spacial score (nSPS) is 21.5. The maximum Gasteiger partial charge on any atom is 0.139 e. The molecule has 6 heteroatoms. The molecular formula is C11H12N2O3S. The van der Waals surface area contributed by atoms with Crippen molar-refractivity contribution in [1.29, 1.82) is 0 Å². The van der Waals surface area contributed by atoms with Crippen LogP contribution in [0.3, 0.4) is 0 Å². The van der Waals surface area contributed by atoms with Crippen LogP contribution in [-0.2, 0) is 4.84 Å². The second-order valence-electron chi connectivity index (χ2n) is 3.80. The summed E-state index contributed by atoms with van der Waals surface area (Å²) in [5.74, 6) is 0.527. The summed E-state index contributed by atoms with van der Waals surface area (Å²) in [4.78, 5) is 9.52. The van der Waals surface area contributed by atoms with Gasteiger partial charge in [-0.05, 0) is 19.1 Å². The lowest BCUT2D eigenvalue weighted by Gasteiger charge is -2.03. The van der Waals surface area contributed by atoms with Gasteiger partial charge in [0.1, 0.15) is 22.3 Å². The molecule has 1 saturated heterocycles. The summed E-state index contributed by atoms with van der Waals surface area (Å²) < 4.78 is 0. The van der Waals surface area contributed by atoms with Gasteiger partial charge in [-0.15, -0.1) is 0 Å². The van der Waals surface area contributed by atoms with E-state index in [9.17, 15) is 5.11 Å². The Morgan fingerprint density at radius 3 is 2.88 bits per heavy atom. The third kappa shape index (κ3) is 2.72. The van der Waals surface area contributed by atoms with E-state index < -0.39 is 0 Å². The Labute approximate surface area is 104 Å². The van der Waals surface area contributed by atoms with Crippen LogP contribution in [0.1, 0.15) is 18.9 Å². The quantitative estimate of drug-likeness (QED) is 0.660. The van der Waals surface area contributed by atoms with Crippen molar-refractivity contribution in [1.82, 2.24) is 5.48 Å². The summed E-state index contributed by atoms with van der Waals surface area (Å²) in [6, 6.07) is 4.20. The number of phenolic OH excluding ortho intramolecular Hbond substituents is 2. The number of hydroxylamine groups is 1. The van der Waals surface area contributed by atoms with Crippen molar-refractivity contribution >= 4 is 23.0 Å². The standard InChI is InChI=1S/C11H12N2O3S/c1-6-4-10(13-16-6)12-11(17)8-3-2-7(14)5-9(8)15/h2-3,5-6,14-15H,4H2,1H3,(H,12,13,17). The monoisotopic (exact) mass is 252 g/mol. The van der Waals surface area contributed by atoms with Crippen molar-refractivity contribution in [2.75, 3.05) is 0 Å². The second-order valence-corrected chi connectivity index (χ2v) is 4.19. The summed E-state index contributed by atoms with van der Waals surface area (Å²) in [7, 11) is 0. The molecule has 90 valence electrons. The van der Waals surface area contributed by atoms with Crippen LogP contribution in [0.4, 0.5) is 0 Å². The Morgan fingerprint density at radius 1 is 1.53 bits per heavy atom. The smallest absolute Gasteiger partial charge is 0.139 e. The zero-order valence-electron chi connectivity index (χ0n) is 9.17. The van der Waals surface area contributed by atoms with E-state index >= 15 is 0 Å². The summed E-state index contributed by atoms with van der Waals surface area (Å²) in [5, 5.41) is 18.8. The topological polar surface area (TPSA) is 74.1 Å². The first-order valence-electron chi connectivity index (χ1n) is 5.12. The molecule has 1 aliphatic heterocycles. The van der Waals surface area contributed by atoms with Crippen LogP contribution in [0.15, 0.2) is 23.2 Å². The molecule has 0 bridgehead atoms. The first kappa shape index (κ1) is 11.8. The highest BCUT2D eigenvalue weighted by atomic mass is 32.1. The molecule has 5 nitrogen and oxygen atoms in total. The van der Waals surface area contributed by atoms with Gasteiger partial charge >= 0.3 is 0 Å². The third-order valence-electron chi connectivity index (χ3n) is 2.31. The van der Waals surface area contributed by atoms with Crippen molar-refractivity contribution in [3.05, 3.63) is 23.8 Å². The average molecular weight is 252 g/mol. The first-order valence-corrected chi connectivity index (χ1v) is 5.52. The molecule has 0 radical (unpaired) electrons. The number of benzene rings is 1. The molecule has 17 heavy (non-hydrogen) atoms. The molecule has 3 N–H and O–H groups in total. The number of amidine groups is 1. The molecule has 1 aromatic rings. The van der Waals surface area contributed by atoms with Crippen LogP contribution in [-0.4, -0.2) is 27.1 Å². The first-order chi connectivity index (χ1) is 8.06. The van der Waals surface area contributed by atoms with E-state index in [1.54, 1.807) is 0 Å². The summed E-state index contributed by atoms with van der Waals surface area (Å²) in [6.45, 7) is 1.91. The molecule has 0 saturated carbocycles. The summed E-state index contributed by atoms with van der Waals surface area (Å²) >= 11 is 5.10. The largest absolute Gasteiger partial charge is 0.508 e. The molecule has 1 atom stereocenters. The van der Waals surface area contributed by atoms with E-state index in [4.69, 9.17) is 22.2 Å². The van der Waals surface area contributed by atoms with Gasteiger partial charge in [0.2, 0.25) is 0 Å². The minimum atomic E-state index is -0.0914. The number of rotatable bonds is 1. The van der Waals surface area contributed by atoms with Crippen LogP contribution in [0.5, 0.6) is 11.5 Å². The number of nitrogens with one attached hydrogen (secondary N) is 1. The Morgan fingerprint density at radius 2 is 2.29 bits per heavy atom. The lowest BCUT2D eigenvalue weighted by Crippen LogP contribution is -2.14. The summed E-state index contributed by atoms with van der Waals surface area (Å²) in [6.07, 6.45) is 0.712. The van der Waals surface area contributed by atoms with E-state index in [1.807, 2.05) is 6.92 Å². The summed E-state index contributed by atoms with van der Waals surface area (Å²) in [5.41, 5.74) is 3.08. The van der Waals surface area contributed by atoms with Gasteiger partial charge in [-0.3, -0.25) is 10.3 Å². The molecule has 0 amide bonds. The second kappa shape index (κ2) is 4.68. The van der Waals surface area contributed by atoms with Crippen LogP contribution >= 0.6 is 12.2 Å². The van der Waals surface area contributed by atoms with Gasteiger partial charge in [0.05, 0.1) is 11.7 Å². The predicted molar refractivity (Wildman–Crippen MR) is 67.2 cm³/mol. The number of nitrogens with zero attached hydrogens (tertiary/aromatic N) is 1. The van der Waals surface area contributed by atoms with Crippen molar-refractivity contribution in [2.24, 2.45) is 4.99 Å². The van der Waals surface area contributed by atoms with Crippen molar-refractivity contribution in [3.63, 3.8) is 0 Å². The van der Waals surface area contributed by atoms with E-state index in [-0.39, 0.29) is 22.6 Å². The molecule has 1 heterocycles. The number of aliphatic imine (C=N–C) groups is 1. The van der Waals surface area contributed by atoms with E-state index in [0.717, 1.165) is 0 Å². The zero-order chi connectivity index (χ0) is 12.4. The molecule has 1 fully saturated rings. The highest BCUT2D eigenvalue weighted by Gasteiger charge is 2.17. The van der Waals surface area contributed by atoms with Crippen LogP contribution < -0.4 is 5.48 Å². The van der Waals surface area contributed by atoms with Gasteiger partial charge < -0.3 is 10.2 Å². The minimum Gasteiger partial charge on any atom is -0.508 e. The molecular weight excluding hydrogens is 240 g/mol. The fraction of sp³-hybridized carbons (Fsp3) is 0.273. The van der Waals surface area contributed by atoms with Crippen LogP contribution in [0.2, 0.25) is 0 Å². The average Bonchev–Trinajstić information content (AvgIpc) is 2.63. The van der Waals surface area contributed by atoms with Crippen molar-refractivity contribution < 1.29 is 15.1 Å². The number of hydrogen-bond acceptors (Lipinski definition) is 4. The Hall–Kier alpha value is -1.66. The van der Waals surface area contributed by atoms with Gasteiger partial charge in [-0.1, -0.05) is 12.2 Å². The molecule has 0 aromatic heterocycles. The fourth-order valence-corrected chi connectivity index (χ4v) is 1.76. The maximum atomic E-state index is 9.62. The lowest BCUT2D eigenvalue weighted by atomic mass is 10.2. The van der Waals surface area contributed by atoms with Gasteiger partial charge in [-0.2, -0.15) is 0 Å². The van der Waals surface area contributed by atoms with Crippen molar-refractivity contribution in [3.8, 4) is 11.5 Å². The van der Waals surface area contributed by atoms with Gasteiger partial charge in [-0.25, -0.2) is 4.99 Å². The van der Waals surface area contributed by atoms with Crippen LogP contribution in [0.25, 0.3) is 0 Å². The van der Waals surface area contributed by atoms with Gasteiger partial charge in [0.15, 0.2) is 0 Å². The predicted octanol–water partition coefficient (Wildman–Crippen LogP) is 1.49.